The van der Waals surface area contributed by atoms with Crippen LogP contribution in [-0.4, -0.2) is 41.4 Å². The number of nitrogens with one attached hydrogen (secondary N) is 1. The predicted octanol–water partition coefficient (Wildman–Crippen LogP) is 6.54. The van der Waals surface area contributed by atoms with Crippen molar-refractivity contribution >= 4 is 23.7 Å². The quantitative estimate of drug-likeness (QED) is 0.0579. The molecular weight excluding hydrogens is 570 g/mol. The highest BCUT2D eigenvalue weighted by Gasteiger charge is 2.23. The summed E-state index contributed by atoms with van der Waals surface area (Å²) in [6.45, 7) is 10.8. The fourth-order valence-corrected chi connectivity index (χ4v) is 4.69. The highest BCUT2D eigenvalue weighted by Crippen LogP contribution is 2.22. The Hall–Kier alpha value is -4.66. The Labute approximate surface area is 265 Å². The average Bonchev–Trinajstić information content (AvgIpc) is 3.01. The molecule has 0 bridgehead atoms. The van der Waals surface area contributed by atoms with E-state index >= 15 is 0 Å². The van der Waals surface area contributed by atoms with Gasteiger partial charge in [-0.1, -0.05) is 82.8 Å². The molecule has 4 N–H and O–H groups in total. The first kappa shape index (κ1) is 34.8. The largest absolute Gasteiger partial charge is 0.494 e. The van der Waals surface area contributed by atoms with E-state index in [1.54, 1.807) is 61.5 Å². The number of carboxylic acids is 1. The molecule has 0 spiro atoms. The Kier molecular flexibility index (Phi) is 12.7. The van der Waals surface area contributed by atoms with Crippen LogP contribution in [0.4, 0.5) is 0 Å². The van der Waals surface area contributed by atoms with Crippen molar-refractivity contribution in [2.45, 2.75) is 84.6 Å². The van der Waals surface area contributed by atoms with E-state index in [9.17, 15) is 19.5 Å². The normalized spacial score (nSPS) is 12.3. The van der Waals surface area contributed by atoms with Crippen LogP contribution in [0.3, 0.4) is 0 Å². The minimum Gasteiger partial charge on any atom is -0.494 e. The average molecular weight is 616 g/mol. The van der Waals surface area contributed by atoms with Gasteiger partial charge in [-0.15, -0.1) is 0 Å². The first-order chi connectivity index (χ1) is 21.4. The molecule has 45 heavy (non-hydrogen) atoms. The number of benzene rings is 3. The topological polar surface area (TPSA) is 140 Å². The number of aryl methyl sites for hydroxylation is 1. The number of hydrogen-bond donors (Lipinski definition) is 3. The lowest BCUT2D eigenvalue weighted by Gasteiger charge is -2.19. The van der Waals surface area contributed by atoms with Gasteiger partial charge < -0.3 is 25.7 Å². The molecule has 3 rings (SSSR count). The molecule has 240 valence electrons. The number of amidine groups is 1. The molecule has 1 unspecified atom stereocenters. The van der Waals surface area contributed by atoms with E-state index < -0.39 is 23.9 Å². The highest BCUT2D eigenvalue weighted by molar-refractivity contribution is 5.98. The van der Waals surface area contributed by atoms with Crippen LogP contribution in [-0.2, 0) is 21.5 Å². The van der Waals surface area contributed by atoms with Crippen molar-refractivity contribution in [2.75, 3.05) is 6.61 Å². The van der Waals surface area contributed by atoms with E-state index in [2.05, 4.69) is 38.2 Å². The number of nitrogens with two attached hydrogens (primary N) is 1. The van der Waals surface area contributed by atoms with Crippen molar-refractivity contribution in [3.63, 3.8) is 0 Å². The summed E-state index contributed by atoms with van der Waals surface area (Å²) in [7, 11) is 0. The number of unbranched alkanes of at least 4 members (excludes halogenated alkanes) is 4. The maximum absolute atomic E-state index is 12.8. The van der Waals surface area contributed by atoms with Crippen molar-refractivity contribution in [1.82, 2.24) is 5.32 Å². The number of oxime groups is 1. The van der Waals surface area contributed by atoms with Gasteiger partial charge in [-0.05, 0) is 77.9 Å². The summed E-state index contributed by atoms with van der Waals surface area (Å²) >= 11 is 0. The van der Waals surface area contributed by atoms with Crippen LogP contribution >= 0.6 is 0 Å². The fraction of sp³-hybridized carbons (Fsp3) is 0.389. The van der Waals surface area contributed by atoms with Gasteiger partial charge in [0, 0.05) is 17.5 Å². The number of carboxylic acid groups (broad SMARTS) is 1. The van der Waals surface area contributed by atoms with Crippen LogP contribution < -0.4 is 15.8 Å². The number of carbonyl (C=O) groups excluding carboxylic acids is 2. The second-order valence-corrected chi connectivity index (χ2v) is 12.2. The second-order valence-electron chi connectivity index (χ2n) is 12.2. The number of aliphatic carboxylic acids is 1. The van der Waals surface area contributed by atoms with Gasteiger partial charge in [0.1, 0.15) is 11.8 Å². The van der Waals surface area contributed by atoms with Crippen LogP contribution in [0.15, 0.2) is 71.9 Å². The van der Waals surface area contributed by atoms with E-state index in [1.165, 1.54) is 19.3 Å². The van der Waals surface area contributed by atoms with Crippen molar-refractivity contribution in [3.8, 4) is 5.75 Å². The second kappa shape index (κ2) is 16.4. The van der Waals surface area contributed by atoms with E-state index in [1.807, 2.05) is 12.1 Å². The highest BCUT2D eigenvalue weighted by atomic mass is 16.7. The standard InChI is InChI=1S/C36H45N3O6/c1-6-7-8-9-10-21-44-29-18-14-26(15-19-29)32(37)39-45-35(43)30-20-11-25(22-24(30)2)23-31(34(41)42)38-33(40)27-12-16-28(17-13-27)36(3,4)5/h11-20,22,31H,6-10,21,23H2,1-5H3,(H2,37,39)(H,38,40)(H,41,42). The molecule has 1 amide bonds. The predicted molar refractivity (Wildman–Crippen MR) is 176 cm³/mol. The van der Waals surface area contributed by atoms with E-state index in [0.717, 1.165) is 24.2 Å². The van der Waals surface area contributed by atoms with Gasteiger partial charge in [-0.2, -0.15) is 0 Å². The number of hydrogen-bond acceptors (Lipinski definition) is 6. The lowest BCUT2D eigenvalue weighted by molar-refractivity contribution is -0.139. The molecule has 0 aliphatic rings. The third-order valence-electron chi connectivity index (χ3n) is 7.46. The van der Waals surface area contributed by atoms with Crippen molar-refractivity contribution < 1.29 is 29.1 Å². The van der Waals surface area contributed by atoms with Crippen molar-refractivity contribution in [1.29, 1.82) is 0 Å². The zero-order valence-electron chi connectivity index (χ0n) is 26.9. The summed E-state index contributed by atoms with van der Waals surface area (Å²) in [5.41, 5.74) is 9.45. The molecule has 0 aromatic heterocycles. The van der Waals surface area contributed by atoms with Gasteiger partial charge >= 0.3 is 11.9 Å². The summed E-state index contributed by atoms with van der Waals surface area (Å²) in [5.74, 6) is -1.57. The Morgan fingerprint density at radius 1 is 0.911 bits per heavy atom. The van der Waals surface area contributed by atoms with Gasteiger partial charge in [0.15, 0.2) is 5.84 Å². The third-order valence-corrected chi connectivity index (χ3v) is 7.46. The van der Waals surface area contributed by atoms with Crippen LogP contribution in [0.25, 0.3) is 0 Å². The first-order valence-corrected chi connectivity index (χ1v) is 15.4. The summed E-state index contributed by atoms with van der Waals surface area (Å²) in [6.07, 6.45) is 5.84. The Bertz CT molecular complexity index is 1470. The fourth-order valence-electron chi connectivity index (χ4n) is 4.69. The van der Waals surface area contributed by atoms with Crippen molar-refractivity contribution in [3.05, 3.63) is 100 Å². The van der Waals surface area contributed by atoms with Gasteiger partial charge in [0.2, 0.25) is 0 Å². The summed E-state index contributed by atoms with van der Waals surface area (Å²) in [5, 5.41) is 16.2. The van der Waals surface area contributed by atoms with E-state index in [0.29, 0.717) is 28.9 Å². The molecule has 9 heteroatoms. The zero-order chi connectivity index (χ0) is 33.0. The minimum atomic E-state index is -1.16. The molecule has 0 saturated heterocycles. The molecule has 0 aliphatic carbocycles. The summed E-state index contributed by atoms with van der Waals surface area (Å²) in [4.78, 5) is 42.6. The van der Waals surface area contributed by atoms with Crippen LogP contribution in [0.1, 0.15) is 103 Å². The van der Waals surface area contributed by atoms with Gasteiger partial charge in [0.05, 0.1) is 12.2 Å². The molecule has 3 aromatic carbocycles. The van der Waals surface area contributed by atoms with Gasteiger partial charge in [0.25, 0.3) is 5.91 Å². The molecular formula is C36H45N3O6. The zero-order valence-corrected chi connectivity index (χ0v) is 26.9. The molecule has 0 saturated carbocycles. The maximum Gasteiger partial charge on any atom is 0.366 e. The minimum absolute atomic E-state index is 0.0288. The smallest absolute Gasteiger partial charge is 0.366 e. The number of ether oxygens (including phenoxy) is 1. The monoisotopic (exact) mass is 615 g/mol. The van der Waals surface area contributed by atoms with Gasteiger partial charge in [-0.25, -0.2) is 9.59 Å². The Morgan fingerprint density at radius 2 is 1.56 bits per heavy atom. The molecule has 1 atom stereocenters. The maximum atomic E-state index is 12.8. The summed E-state index contributed by atoms with van der Waals surface area (Å²) in [6, 6.07) is 17.9. The molecule has 0 fully saturated rings. The van der Waals surface area contributed by atoms with Crippen LogP contribution in [0.5, 0.6) is 5.75 Å². The van der Waals surface area contributed by atoms with Crippen LogP contribution in [0, 0.1) is 6.92 Å². The van der Waals surface area contributed by atoms with E-state index in [4.69, 9.17) is 15.3 Å². The lowest BCUT2D eigenvalue weighted by atomic mass is 9.86. The molecule has 3 aromatic rings. The lowest BCUT2D eigenvalue weighted by Crippen LogP contribution is -2.42. The Morgan fingerprint density at radius 3 is 2.16 bits per heavy atom. The number of carbonyl (C=O) groups is 3. The summed E-state index contributed by atoms with van der Waals surface area (Å²) < 4.78 is 5.77. The Balaban J connectivity index is 1.56. The van der Waals surface area contributed by atoms with Crippen LogP contribution in [0.2, 0.25) is 0 Å². The number of nitrogens with zero attached hydrogens (tertiary/aromatic N) is 1. The van der Waals surface area contributed by atoms with E-state index in [-0.39, 0.29) is 23.2 Å². The van der Waals surface area contributed by atoms with Crippen molar-refractivity contribution in [2.24, 2.45) is 10.9 Å². The first-order valence-electron chi connectivity index (χ1n) is 15.4. The number of amides is 1. The molecule has 0 heterocycles. The molecule has 9 nitrogen and oxygen atoms in total. The number of rotatable bonds is 15. The third kappa shape index (κ3) is 10.8. The SMILES string of the molecule is CCCCCCCOc1ccc(C(N)=NOC(=O)c2ccc(CC(NC(=O)c3ccc(C(C)(C)C)cc3)C(=O)O)cc2C)cc1. The molecule has 0 radical (unpaired) electrons. The van der Waals surface area contributed by atoms with Gasteiger partial charge in [-0.3, -0.25) is 4.79 Å². The molecule has 0 aliphatic heterocycles.